The van der Waals surface area contributed by atoms with Crippen LogP contribution in [0.1, 0.15) is 65.7 Å². The van der Waals surface area contributed by atoms with E-state index in [-0.39, 0.29) is 29.8 Å². The summed E-state index contributed by atoms with van der Waals surface area (Å²) in [6.07, 6.45) is 5.16. The normalized spacial score (nSPS) is 16.7. The fourth-order valence-electron chi connectivity index (χ4n) is 5.80. The van der Waals surface area contributed by atoms with E-state index < -0.39 is 6.04 Å². The third kappa shape index (κ3) is 8.80. The van der Waals surface area contributed by atoms with Gasteiger partial charge in [0.25, 0.3) is 11.8 Å². The molecule has 10 heteroatoms. The first-order chi connectivity index (χ1) is 22.4. The molecule has 3 amide bonds. The van der Waals surface area contributed by atoms with Gasteiger partial charge in [-0.2, -0.15) is 4.98 Å². The van der Waals surface area contributed by atoms with Crippen LogP contribution in [0.5, 0.6) is 0 Å². The van der Waals surface area contributed by atoms with Gasteiger partial charge in [0.2, 0.25) is 11.9 Å². The first-order valence-corrected chi connectivity index (χ1v) is 16.1. The van der Waals surface area contributed by atoms with Gasteiger partial charge < -0.3 is 26.2 Å². The highest BCUT2D eigenvalue weighted by molar-refractivity contribution is 5.97. The van der Waals surface area contributed by atoms with E-state index in [1.807, 2.05) is 67.5 Å². The van der Waals surface area contributed by atoms with E-state index in [9.17, 15) is 14.4 Å². The summed E-state index contributed by atoms with van der Waals surface area (Å²) in [5, 5.41) is 13.6. The molecule has 5 rings (SSSR count). The number of carbonyl (C=O) groups excluding carboxylic acids is 3. The summed E-state index contributed by atoms with van der Waals surface area (Å²) in [6, 6.07) is 25.5. The minimum absolute atomic E-state index is 0.0155. The number of para-hydroxylation sites is 1. The maximum atomic E-state index is 13.5. The van der Waals surface area contributed by atoms with Gasteiger partial charge in [-0.15, -0.1) is 0 Å². The van der Waals surface area contributed by atoms with Crippen LogP contribution in [0.25, 0.3) is 10.9 Å². The molecule has 3 aromatic carbocycles. The first kappa shape index (κ1) is 32.4. The first-order valence-electron chi connectivity index (χ1n) is 16.1. The molecule has 46 heavy (non-hydrogen) atoms. The number of carbonyl (C=O) groups is 3. The smallest absolute Gasteiger partial charge is 0.251 e. The molecule has 1 aliphatic rings. The highest BCUT2D eigenvalue weighted by atomic mass is 16.2. The van der Waals surface area contributed by atoms with Crippen molar-refractivity contribution < 1.29 is 14.4 Å². The van der Waals surface area contributed by atoms with Crippen LogP contribution < -0.4 is 26.2 Å². The Hall–Kier alpha value is -4.99. The quantitative estimate of drug-likeness (QED) is 0.156. The molecular formula is C36H43N7O3. The van der Waals surface area contributed by atoms with Crippen LogP contribution in [-0.2, 0) is 4.79 Å². The van der Waals surface area contributed by atoms with Gasteiger partial charge in [-0.1, -0.05) is 48.5 Å². The summed E-state index contributed by atoms with van der Waals surface area (Å²) in [7, 11) is 3.96. The lowest BCUT2D eigenvalue weighted by Crippen LogP contribution is -2.50. The highest BCUT2D eigenvalue weighted by Crippen LogP contribution is 2.26. The van der Waals surface area contributed by atoms with Crippen LogP contribution in [0.4, 0.5) is 11.8 Å². The Balaban J connectivity index is 1.13. The molecule has 4 aromatic rings. The van der Waals surface area contributed by atoms with Gasteiger partial charge in [-0.3, -0.25) is 14.4 Å². The number of nitrogens with zero attached hydrogens (tertiary/aromatic N) is 3. The molecule has 1 fully saturated rings. The van der Waals surface area contributed by atoms with Crippen molar-refractivity contribution in [1.29, 1.82) is 0 Å². The lowest BCUT2D eigenvalue weighted by atomic mass is 9.91. The van der Waals surface area contributed by atoms with Crippen molar-refractivity contribution in [2.45, 2.75) is 63.1 Å². The second-order valence-corrected chi connectivity index (χ2v) is 12.0. The van der Waals surface area contributed by atoms with E-state index in [4.69, 9.17) is 9.97 Å². The van der Waals surface area contributed by atoms with Crippen LogP contribution in [0.2, 0.25) is 0 Å². The van der Waals surface area contributed by atoms with E-state index in [1.165, 1.54) is 0 Å². The molecule has 1 heterocycles. The second kappa shape index (κ2) is 15.8. The van der Waals surface area contributed by atoms with Gasteiger partial charge >= 0.3 is 0 Å². The number of anilines is 2. The van der Waals surface area contributed by atoms with Crippen LogP contribution in [0.15, 0.2) is 84.9 Å². The molecule has 0 radical (unpaired) electrons. The molecule has 1 atom stereocenters. The lowest BCUT2D eigenvalue weighted by molar-refractivity contribution is -0.124. The van der Waals surface area contributed by atoms with Crippen LogP contribution in [0.3, 0.4) is 0 Å². The summed E-state index contributed by atoms with van der Waals surface area (Å²) in [6.45, 7) is 0.489. The van der Waals surface area contributed by atoms with Crippen molar-refractivity contribution in [3.63, 3.8) is 0 Å². The van der Waals surface area contributed by atoms with Crippen molar-refractivity contribution in [1.82, 2.24) is 25.9 Å². The molecule has 4 N–H and O–H groups in total. The standard InChI is InChI=1S/C36H43N7O3/c1-43(2)32-29-17-9-10-18-30(29)41-36(42-32)39-28-22-20-27(21-23-28)38-35(46)31(40-34(45)26-15-7-4-8-16-26)19-11-12-24-37-33(44)25-13-5-3-6-14-25/h3-10,13-18,27-28,31H,11-12,19-24H2,1-2H3,(H,37,44)(H,38,46)(H,40,45)(H,39,41,42)/t27-,28+,31?. The minimum Gasteiger partial charge on any atom is -0.362 e. The Morgan fingerprint density at radius 3 is 2.04 bits per heavy atom. The van der Waals surface area contributed by atoms with Crippen LogP contribution in [-0.4, -0.2) is 66.5 Å². The molecule has 0 saturated heterocycles. The average Bonchev–Trinajstić information content (AvgIpc) is 3.08. The maximum absolute atomic E-state index is 13.5. The largest absolute Gasteiger partial charge is 0.362 e. The van der Waals surface area contributed by atoms with Gasteiger partial charge in [0.15, 0.2) is 0 Å². The van der Waals surface area contributed by atoms with E-state index in [0.717, 1.165) is 42.4 Å². The van der Waals surface area contributed by atoms with Crippen molar-refractivity contribution in [3.8, 4) is 0 Å². The highest BCUT2D eigenvalue weighted by Gasteiger charge is 2.27. The van der Waals surface area contributed by atoms with Crippen LogP contribution >= 0.6 is 0 Å². The van der Waals surface area contributed by atoms with Gasteiger partial charge in [0.05, 0.1) is 5.52 Å². The molecule has 240 valence electrons. The zero-order chi connectivity index (χ0) is 32.3. The molecule has 1 saturated carbocycles. The molecule has 0 bridgehead atoms. The molecule has 1 aromatic heterocycles. The minimum atomic E-state index is -0.677. The molecular weight excluding hydrogens is 578 g/mol. The average molecular weight is 622 g/mol. The number of amides is 3. The Morgan fingerprint density at radius 1 is 0.761 bits per heavy atom. The fourth-order valence-corrected chi connectivity index (χ4v) is 5.80. The van der Waals surface area contributed by atoms with Gasteiger partial charge in [-0.05, 0) is 81.3 Å². The number of benzene rings is 3. The van der Waals surface area contributed by atoms with Crippen molar-refractivity contribution in [3.05, 3.63) is 96.1 Å². The fraction of sp³-hybridized carbons (Fsp3) is 0.361. The van der Waals surface area contributed by atoms with Crippen molar-refractivity contribution >= 4 is 40.4 Å². The number of rotatable bonds is 13. The number of hydrogen-bond donors (Lipinski definition) is 4. The monoisotopic (exact) mass is 621 g/mol. The molecule has 0 spiro atoms. The molecule has 10 nitrogen and oxygen atoms in total. The Morgan fingerprint density at radius 2 is 1.37 bits per heavy atom. The number of nitrogens with one attached hydrogen (secondary N) is 4. The predicted molar refractivity (Wildman–Crippen MR) is 182 cm³/mol. The van der Waals surface area contributed by atoms with Crippen LogP contribution in [0, 0.1) is 0 Å². The molecule has 1 aliphatic carbocycles. The Kier molecular flexibility index (Phi) is 11.2. The molecule has 1 unspecified atom stereocenters. The Bertz CT molecular complexity index is 1610. The number of unbranched alkanes of at least 4 members (excludes halogenated alkanes) is 1. The second-order valence-electron chi connectivity index (χ2n) is 12.0. The van der Waals surface area contributed by atoms with E-state index in [2.05, 4.69) is 21.3 Å². The predicted octanol–water partition coefficient (Wildman–Crippen LogP) is 4.93. The summed E-state index contributed by atoms with van der Waals surface area (Å²) >= 11 is 0. The van der Waals surface area contributed by atoms with Gasteiger partial charge in [0.1, 0.15) is 11.9 Å². The zero-order valence-corrected chi connectivity index (χ0v) is 26.5. The Labute approximate surface area is 270 Å². The van der Waals surface area contributed by atoms with Crippen molar-refractivity contribution in [2.24, 2.45) is 0 Å². The van der Waals surface area contributed by atoms with E-state index in [1.54, 1.807) is 36.4 Å². The van der Waals surface area contributed by atoms with Gasteiger partial charge in [0, 0.05) is 49.2 Å². The maximum Gasteiger partial charge on any atom is 0.251 e. The summed E-state index contributed by atoms with van der Waals surface area (Å²) in [5.74, 6) is 0.901. The topological polar surface area (TPSA) is 128 Å². The number of hydrogen-bond acceptors (Lipinski definition) is 7. The number of aromatic nitrogens is 2. The summed E-state index contributed by atoms with van der Waals surface area (Å²) < 4.78 is 0. The summed E-state index contributed by atoms with van der Waals surface area (Å²) in [4.78, 5) is 50.3. The van der Waals surface area contributed by atoms with E-state index in [0.29, 0.717) is 42.9 Å². The third-order valence-electron chi connectivity index (χ3n) is 8.31. The number of fused-ring (bicyclic) bond motifs is 1. The molecule has 0 aliphatic heterocycles. The third-order valence-corrected chi connectivity index (χ3v) is 8.31. The van der Waals surface area contributed by atoms with E-state index >= 15 is 0 Å². The summed E-state index contributed by atoms with van der Waals surface area (Å²) in [5.41, 5.74) is 2.02. The van der Waals surface area contributed by atoms with Gasteiger partial charge in [-0.25, -0.2) is 4.98 Å². The zero-order valence-electron chi connectivity index (χ0n) is 26.5. The SMILES string of the molecule is CN(C)c1nc(N[C@H]2CC[C@@H](NC(=O)C(CCCCNC(=O)c3ccccc3)NC(=O)c3ccccc3)CC2)nc2ccccc12. The van der Waals surface area contributed by atoms with Crippen molar-refractivity contribution in [2.75, 3.05) is 30.9 Å². The lowest BCUT2D eigenvalue weighted by Gasteiger charge is -2.31.